The molecule has 3 N–H and O–H groups in total. The highest BCUT2D eigenvalue weighted by atomic mass is 19.1. The number of nitrogens with one attached hydrogen (secondary N) is 1. The first-order chi connectivity index (χ1) is 11.0. The average Bonchev–Trinajstić information content (AvgIpc) is 2.53. The number of nitrogens with two attached hydrogens (primary N) is 1. The summed E-state index contributed by atoms with van der Waals surface area (Å²) < 4.78 is 18.1. The monoisotopic (exact) mass is 316 g/mol. The highest BCUT2D eigenvalue weighted by molar-refractivity contribution is 6.03. The van der Waals surface area contributed by atoms with Crippen LogP contribution in [0.25, 0.3) is 0 Å². The van der Waals surface area contributed by atoms with Crippen molar-refractivity contribution in [2.75, 3.05) is 11.9 Å². The summed E-state index contributed by atoms with van der Waals surface area (Å²) in [5, 5.41) is 2.40. The Morgan fingerprint density at radius 1 is 1.00 bits per heavy atom. The molecule has 7 heteroatoms. The lowest BCUT2D eigenvalue weighted by atomic mass is 10.1. The Balaban J connectivity index is 1.97. The maximum Gasteiger partial charge on any atom is 0.341 e. The predicted octanol–water partition coefficient (Wildman–Crippen LogP) is 1.72. The molecule has 0 unspecified atom stereocenters. The first-order valence-corrected chi connectivity index (χ1v) is 6.59. The SMILES string of the molecule is NC(=O)c1ccccc1NC(=O)COC(=O)c1ccccc1F. The van der Waals surface area contributed by atoms with E-state index in [2.05, 4.69) is 5.32 Å². The number of benzene rings is 2. The topological polar surface area (TPSA) is 98.5 Å². The Labute approximate surface area is 131 Å². The molecule has 0 aliphatic heterocycles. The molecule has 2 amide bonds. The van der Waals surface area contributed by atoms with Gasteiger partial charge in [0, 0.05) is 0 Å². The minimum atomic E-state index is -0.957. The van der Waals surface area contributed by atoms with Gasteiger partial charge in [0.2, 0.25) is 0 Å². The summed E-state index contributed by atoms with van der Waals surface area (Å²) in [5.41, 5.74) is 5.25. The van der Waals surface area contributed by atoms with Gasteiger partial charge in [-0.15, -0.1) is 0 Å². The minimum Gasteiger partial charge on any atom is -0.452 e. The second kappa shape index (κ2) is 7.17. The number of primary amides is 1. The first-order valence-electron chi connectivity index (χ1n) is 6.59. The van der Waals surface area contributed by atoms with Crippen molar-refractivity contribution < 1.29 is 23.5 Å². The Kier molecular flexibility index (Phi) is 5.03. The Bertz CT molecular complexity index is 761. The molecule has 0 bridgehead atoms. The number of hydrogen-bond acceptors (Lipinski definition) is 4. The smallest absolute Gasteiger partial charge is 0.341 e. The van der Waals surface area contributed by atoms with Gasteiger partial charge in [-0.25, -0.2) is 9.18 Å². The van der Waals surface area contributed by atoms with E-state index < -0.39 is 30.2 Å². The largest absolute Gasteiger partial charge is 0.452 e. The maximum atomic E-state index is 13.4. The summed E-state index contributed by atoms with van der Waals surface area (Å²) in [6.45, 7) is -0.625. The van der Waals surface area contributed by atoms with Crippen LogP contribution < -0.4 is 11.1 Å². The van der Waals surface area contributed by atoms with Crippen molar-refractivity contribution in [1.82, 2.24) is 0 Å². The third-order valence-corrected chi connectivity index (χ3v) is 2.89. The van der Waals surface area contributed by atoms with Crippen molar-refractivity contribution >= 4 is 23.5 Å². The van der Waals surface area contributed by atoms with Gasteiger partial charge in [-0.1, -0.05) is 24.3 Å². The molecular formula is C16H13FN2O4. The molecule has 118 valence electrons. The molecule has 2 aromatic carbocycles. The number of esters is 1. The molecule has 6 nitrogen and oxygen atoms in total. The van der Waals surface area contributed by atoms with Gasteiger partial charge < -0.3 is 15.8 Å². The molecule has 2 rings (SSSR count). The number of para-hydroxylation sites is 1. The number of rotatable bonds is 5. The van der Waals surface area contributed by atoms with Crippen molar-refractivity contribution in [3.8, 4) is 0 Å². The van der Waals surface area contributed by atoms with Gasteiger partial charge >= 0.3 is 5.97 Å². The summed E-state index contributed by atoms with van der Waals surface area (Å²) >= 11 is 0. The summed E-state index contributed by atoms with van der Waals surface area (Å²) in [7, 11) is 0. The van der Waals surface area contributed by atoms with Gasteiger partial charge in [0.05, 0.1) is 16.8 Å². The van der Waals surface area contributed by atoms with E-state index in [1.165, 1.54) is 30.3 Å². The van der Waals surface area contributed by atoms with Crippen LogP contribution in [0.5, 0.6) is 0 Å². The zero-order valence-corrected chi connectivity index (χ0v) is 11.9. The molecule has 0 radical (unpaired) electrons. The van der Waals surface area contributed by atoms with Gasteiger partial charge in [0.1, 0.15) is 5.82 Å². The number of halogens is 1. The Hall–Kier alpha value is -3.22. The van der Waals surface area contributed by atoms with E-state index in [1.54, 1.807) is 12.1 Å². The normalized spacial score (nSPS) is 9.96. The molecule has 0 spiro atoms. The lowest BCUT2D eigenvalue weighted by molar-refractivity contribution is -0.119. The third-order valence-electron chi connectivity index (χ3n) is 2.89. The van der Waals surface area contributed by atoms with E-state index in [0.29, 0.717) is 0 Å². The van der Waals surface area contributed by atoms with E-state index in [-0.39, 0.29) is 16.8 Å². The van der Waals surface area contributed by atoms with E-state index in [1.807, 2.05) is 0 Å². The second-order valence-corrected chi connectivity index (χ2v) is 4.51. The molecule has 0 saturated heterocycles. The maximum absolute atomic E-state index is 13.4. The summed E-state index contributed by atoms with van der Waals surface area (Å²) in [6, 6.07) is 11.4. The average molecular weight is 316 g/mol. The molecule has 23 heavy (non-hydrogen) atoms. The fraction of sp³-hybridized carbons (Fsp3) is 0.0625. The molecule has 0 aromatic heterocycles. The number of hydrogen-bond donors (Lipinski definition) is 2. The van der Waals surface area contributed by atoms with E-state index in [0.717, 1.165) is 6.07 Å². The van der Waals surface area contributed by atoms with Gasteiger partial charge in [-0.2, -0.15) is 0 Å². The summed E-state index contributed by atoms with van der Waals surface area (Å²) in [6.07, 6.45) is 0. The zero-order chi connectivity index (χ0) is 16.8. The van der Waals surface area contributed by atoms with Gasteiger partial charge in [-0.05, 0) is 24.3 Å². The molecule has 0 atom stereocenters. The number of anilines is 1. The van der Waals surface area contributed by atoms with Crippen LogP contribution in [0.1, 0.15) is 20.7 Å². The Morgan fingerprint density at radius 3 is 2.26 bits per heavy atom. The molecule has 0 saturated carbocycles. The second-order valence-electron chi connectivity index (χ2n) is 4.51. The first kappa shape index (κ1) is 16.2. The molecule has 0 fully saturated rings. The van der Waals surface area contributed by atoms with Crippen LogP contribution in [0.4, 0.5) is 10.1 Å². The van der Waals surface area contributed by atoms with E-state index in [9.17, 15) is 18.8 Å². The van der Waals surface area contributed by atoms with Gasteiger partial charge in [-0.3, -0.25) is 9.59 Å². The third kappa shape index (κ3) is 4.13. The quantitative estimate of drug-likeness (QED) is 0.821. The fourth-order valence-corrected chi connectivity index (χ4v) is 1.83. The zero-order valence-electron chi connectivity index (χ0n) is 11.9. The van der Waals surface area contributed by atoms with Crippen LogP contribution in [0.15, 0.2) is 48.5 Å². The Morgan fingerprint density at radius 2 is 1.61 bits per heavy atom. The van der Waals surface area contributed by atoms with Crippen LogP contribution >= 0.6 is 0 Å². The van der Waals surface area contributed by atoms with Crippen molar-refractivity contribution in [2.45, 2.75) is 0 Å². The van der Waals surface area contributed by atoms with Gasteiger partial charge in [0.15, 0.2) is 6.61 Å². The van der Waals surface area contributed by atoms with E-state index >= 15 is 0 Å². The lowest BCUT2D eigenvalue weighted by Gasteiger charge is -2.09. The van der Waals surface area contributed by atoms with Crippen molar-refractivity contribution in [2.24, 2.45) is 5.73 Å². The molecule has 0 aliphatic rings. The predicted molar refractivity (Wildman–Crippen MR) is 80.3 cm³/mol. The van der Waals surface area contributed by atoms with Crippen LogP contribution in [-0.2, 0) is 9.53 Å². The van der Waals surface area contributed by atoms with Crippen molar-refractivity contribution in [1.29, 1.82) is 0 Å². The van der Waals surface area contributed by atoms with Gasteiger partial charge in [0.25, 0.3) is 11.8 Å². The number of carbonyl (C=O) groups is 3. The van der Waals surface area contributed by atoms with Crippen LogP contribution in [-0.4, -0.2) is 24.4 Å². The number of amides is 2. The van der Waals surface area contributed by atoms with Crippen LogP contribution in [0.3, 0.4) is 0 Å². The van der Waals surface area contributed by atoms with Crippen LogP contribution in [0, 0.1) is 5.82 Å². The van der Waals surface area contributed by atoms with Crippen molar-refractivity contribution in [3.05, 3.63) is 65.5 Å². The fourth-order valence-electron chi connectivity index (χ4n) is 1.83. The summed E-state index contributed by atoms with van der Waals surface area (Å²) in [5.74, 6) is -3.08. The highest BCUT2D eigenvalue weighted by Gasteiger charge is 2.15. The number of carbonyl (C=O) groups excluding carboxylic acids is 3. The van der Waals surface area contributed by atoms with Crippen molar-refractivity contribution in [3.63, 3.8) is 0 Å². The standard InChI is InChI=1S/C16H13FN2O4/c17-12-7-3-1-5-10(12)16(22)23-9-14(20)19-13-8-4-2-6-11(13)15(18)21/h1-8H,9H2,(H2,18,21)(H,19,20). The highest BCUT2D eigenvalue weighted by Crippen LogP contribution is 2.14. The minimum absolute atomic E-state index is 0.126. The number of ether oxygens (including phenoxy) is 1. The van der Waals surface area contributed by atoms with E-state index in [4.69, 9.17) is 10.5 Å². The molecule has 0 heterocycles. The summed E-state index contributed by atoms with van der Waals surface area (Å²) in [4.78, 5) is 34.7. The molecular weight excluding hydrogens is 303 g/mol. The molecule has 2 aromatic rings. The molecule has 0 aliphatic carbocycles. The van der Waals surface area contributed by atoms with Crippen LogP contribution in [0.2, 0.25) is 0 Å². The lowest BCUT2D eigenvalue weighted by Crippen LogP contribution is -2.23.